The fourth-order valence-electron chi connectivity index (χ4n) is 2.94. The van der Waals surface area contributed by atoms with Crippen LogP contribution in [0.4, 0.5) is 11.5 Å². The van der Waals surface area contributed by atoms with Gasteiger partial charge >= 0.3 is 5.69 Å². The molecule has 0 aliphatic rings. The molecule has 0 spiro atoms. The Morgan fingerprint density at radius 3 is 2.59 bits per heavy atom. The number of hydrogen-bond donors (Lipinski definition) is 2. The Morgan fingerprint density at radius 2 is 1.96 bits per heavy atom. The molecule has 150 valence electrons. The van der Waals surface area contributed by atoms with Crippen molar-refractivity contribution in [2.75, 3.05) is 17.2 Å². The minimum absolute atomic E-state index is 0.183. The van der Waals surface area contributed by atoms with Crippen molar-refractivity contribution in [3.8, 4) is 0 Å². The zero-order valence-corrected chi connectivity index (χ0v) is 16.6. The highest BCUT2D eigenvalue weighted by Gasteiger charge is 2.21. The van der Waals surface area contributed by atoms with Gasteiger partial charge in [-0.2, -0.15) is 0 Å². The third-order valence-corrected chi connectivity index (χ3v) is 4.23. The Balaban J connectivity index is 2.48. The van der Waals surface area contributed by atoms with Crippen LogP contribution in [0.1, 0.15) is 52.8 Å². The summed E-state index contributed by atoms with van der Waals surface area (Å²) in [5.41, 5.74) is 5.61. The first-order valence-corrected chi connectivity index (χ1v) is 9.51. The second kappa shape index (κ2) is 9.33. The van der Waals surface area contributed by atoms with Gasteiger partial charge in [-0.15, -0.1) is 5.10 Å². The highest BCUT2D eigenvalue weighted by atomic mass is 16.2. The molecule has 0 unspecified atom stereocenters. The van der Waals surface area contributed by atoms with Crippen LogP contribution in [0, 0.1) is 5.92 Å². The van der Waals surface area contributed by atoms with Crippen molar-refractivity contribution in [1.29, 1.82) is 0 Å². The predicted molar refractivity (Wildman–Crippen MR) is 105 cm³/mol. The van der Waals surface area contributed by atoms with Gasteiger partial charge in [0.1, 0.15) is 11.5 Å². The molecular weight excluding hydrogens is 348 g/mol. The molecule has 0 saturated carbocycles. The van der Waals surface area contributed by atoms with Crippen molar-refractivity contribution in [1.82, 2.24) is 29.8 Å². The lowest BCUT2D eigenvalue weighted by Gasteiger charge is -2.26. The van der Waals surface area contributed by atoms with E-state index in [1.807, 2.05) is 25.7 Å². The lowest BCUT2D eigenvalue weighted by Crippen LogP contribution is -2.39. The first kappa shape index (κ1) is 20.7. The van der Waals surface area contributed by atoms with Gasteiger partial charge in [-0.3, -0.25) is 14.3 Å². The molecule has 10 heteroatoms. The van der Waals surface area contributed by atoms with Gasteiger partial charge in [-0.1, -0.05) is 34.1 Å². The first-order chi connectivity index (χ1) is 12.9. The molecule has 0 atom stereocenters. The molecule has 2 aromatic heterocycles. The summed E-state index contributed by atoms with van der Waals surface area (Å²) < 4.78 is 3.16. The molecule has 0 aromatic carbocycles. The summed E-state index contributed by atoms with van der Waals surface area (Å²) in [5, 5.41) is 11.8. The molecule has 0 aliphatic carbocycles. The molecule has 10 nitrogen and oxygen atoms in total. The Morgan fingerprint density at radius 1 is 1.22 bits per heavy atom. The molecule has 2 heterocycles. The first-order valence-electron chi connectivity index (χ1n) is 9.51. The summed E-state index contributed by atoms with van der Waals surface area (Å²) in [7, 11) is 0. The van der Waals surface area contributed by atoms with E-state index in [2.05, 4.69) is 27.4 Å². The molecule has 3 N–H and O–H groups in total. The minimum Gasteiger partial charge on any atom is -0.383 e. The summed E-state index contributed by atoms with van der Waals surface area (Å²) in [6, 6.07) is 0. The molecule has 27 heavy (non-hydrogen) atoms. The quantitative estimate of drug-likeness (QED) is 0.630. The number of nitrogens with one attached hydrogen (secondary N) is 1. The van der Waals surface area contributed by atoms with E-state index in [9.17, 15) is 9.59 Å². The van der Waals surface area contributed by atoms with Crippen molar-refractivity contribution in [2.45, 2.75) is 66.6 Å². The summed E-state index contributed by atoms with van der Waals surface area (Å²) in [6.45, 7) is 10.2. The molecule has 0 amide bonds. The zero-order chi connectivity index (χ0) is 20.0. The van der Waals surface area contributed by atoms with Crippen LogP contribution in [0.3, 0.4) is 0 Å². The average molecular weight is 378 g/mol. The Kier molecular flexibility index (Phi) is 7.14. The summed E-state index contributed by atoms with van der Waals surface area (Å²) in [5.74, 6) is 1.06. The van der Waals surface area contributed by atoms with E-state index in [-0.39, 0.29) is 11.7 Å². The largest absolute Gasteiger partial charge is 0.383 e. The zero-order valence-electron chi connectivity index (χ0n) is 16.6. The van der Waals surface area contributed by atoms with Crippen LogP contribution in [-0.2, 0) is 19.6 Å². The van der Waals surface area contributed by atoms with Crippen LogP contribution < -0.4 is 21.9 Å². The van der Waals surface area contributed by atoms with Gasteiger partial charge in [0, 0.05) is 19.6 Å². The lowest BCUT2D eigenvalue weighted by atomic mass is 10.2. The van der Waals surface area contributed by atoms with Crippen molar-refractivity contribution in [3.63, 3.8) is 0 Å². The van der Waals surface area contributed by atoms with Crippen molar-refractivity contribution >= 4 is 11.5 Å². The van der Waals surface area contributed by atoms with E-state index < -0.39 is 11.2 Å². The fraction of sp³-hybridized carbons (Fsp3) is 0.706. The number of aromatic amines is 1. The maximum absolute atomic E-state index is 12.6. The number of nitrogen functional groups attached to an aromatic ring is 1. The second-order valence-corrected chi connectivity index (χ2v) is 7.09. The van der Waals surface area contributed by atoms with E-state index in [0.717, 1.165) is 19.3 Å². The van der Waals surface area contributed by atoms with E-state index in [1.54, 1.807) is 4.68 Å². The number of H-pyrrole nitrogens is 1. The maximum atomic E-state index is 12.6. The number of nitrogens with two attached hydrogens (primary N) is 1. The van der Waals surface area contributed by atoms with E-state index >= 15 is 0 Å². The van der Waals surface area contributed by atoms with Crippen LogP contribution in [0.2, 0.25) is 0 Å². The van der Waals surface area contributed by atoms with Gasteiger partial charge in [0.2, 0.25) is 0 Å². The van der Waals surface area contributed by atoms with Gasteiger partial charge in [-0.05, 0) is 29.2 Å². The van der Waals surface area contributed by atoms with Crippen LogP contribution in [0.15, 0.2) is 9.59 Å². The van der Waals surface area contributed by atoms with E-state index in [4.69, 9.17) is 5.73 Å². The molecule has 0 bridgehead atoms. The van der Waals surface area contributed by atoms with Gasteiger partial charge < -0.3 is 10.6 Å². The number of tetrazole rings is 1. The number of aromatic nitrogens is 6. The summed E-state index contributed by atoms with van der Waals surface area (Å²) in [6.07, 6.45) is 2.73. The highest BCUT2D eigenvalue weighted by molar-refractivity contribution is 5.62. The van der Waals surface area contributed by atoms with Crippen molar-refractivity contribution < 1.29 is 0 Å². The minimum atomic E-state index is -0.485. The van der Waals surface area contributed by atoms with Gasteiger partial charge in [0.25, 0.3) is 5.56 Å². The summed E-state index contributed by atoms with van der Waals surface area (Å²) in [4.78, 5) is 29.1. The number of nitrogens with zero attached hydrogens (tertiary/aromatic N) is 6. The van der Waals surface area contributed by atoms with Gasteiger partial charge in [0.05, 0.1) is 6.54 Å². The molecular formula is C17H30N8O2. The van der Waals surface area contributed by atoms with Gasteiger partial charge in [0.15, 0.2) is 5.82 Å². The predicted octanol–water partition coefficient (Wildman–Crippen LogP) is 0.978. The van der Waals surface area contributed by atoms with Crippen LogP contribution >= 0.6 is 0 Å². The average Bonchev–Trinajstić information content (AvgIpc) is 3.03. The Labute approximate surface area is 158 Å². The molecule has 2 aromatic rings. The number of aryl methyl sites for hydroxylation is 1. The normalized spacial score (nSPS) is 11.3. The van der Waals surface area contributed by atoms with E-state index in [1.165, 1.54) is 4.57 Å². The SMILES string of the molecule is CCCCN(Cc1nnnn1CCC)c1c(N)n(CC(C)C)c(=O)[nH]c1=O. The highest BCUT2D eigenvalue weighted by Crippen LogP contribution is 2.20. The third kappa shape index (κ3) is 4.95. The molecule has 0 aliphatic heterocycles. The smallest absolute Gasteiger partial charge is 0.330 e. The van der Waals surface area contributed by atoms with Crippen molar-refractivity contribution in [3.05, 3.63) is 26.7 Å². The van der Waals surface area contributed by atoms with Crippen LogP contribution in [0.5, 0.6) is 0 Å². The topological polar surface area (TPSA) is 128 Å². The third-order valence-electron chi connectivity index (χ3n) is 4.23. The van der Waals surface area contributed by atoms with Crippen molar-refractivity contribution in [2.24, 2.45) is 5.92 Å². The summed E-state index contributed by atoms with van der Waals surface area (Å²) >= 11 is 0. The number of anilines is 2. The Bertz CT molecular complexity index is 851. The van der Waals surface area contributed by atoms with Crippen LogP contribution in [-0.4, -0.2) is 36.3 Å². The monoisotopic (exact) mass is 378 g/mol. The lowest BCUT2D eigenvalue weighted by molar-refractivity contribution is 0.506. The number of rotatable bonds is 10. The van der Waals surface area contributed by atoms with E-state index in [0.29, 0.717) is 37.7 Å². The molecule has 2 rings (SSSR count). The fourth-order valence-corrected chi connectivity index (χ4v) is 2.94. The number of hydrogen-bond acceptors (Lipinski definition) is 7. The molecule has 0 radical (unpaired) electrons. The maximum Gasteiger partial charge on any atom is 0.330 e. The molecule has 0 fully saturated rings. The second-order valence-electron chi connectivity index (χ2n) is 7.09. The number of unbranched alkanes of at least 4 members (excludes halogenated alkanes) is 1. The standard InChI is InChI=1S/C17H30N8O2/c1-5-7-9-23(11-13-20-21-22-25(13)8-6-2)14-15(18)24(10-12(3)4)17(27)19-16(14)26/h12H,5-11,18H2,1-4H3,(H,19,26,27). The molecule has 0 saturated heterocycles. The van der Waals surface area contributed by atoms with Crippen LogP contribution in [0.25, 0.3) is 0 Å². The van der Waals surface area contributed by atoms with Gasteiger partial charge in [-0.25, -0.2) is 9.48 Å². The Hall–Kier alpha value is -2.65.